The molecule has 0 aliphatic rings. The van der Waals surface area contributed by atoms with Crippen molar-refractivity contribution in [3.63, 3.8) is 0 Å². The van der Waals surface area contributed by atoms with Crippen LogP contribution < -0.4 is 10.6 Å². The summed E-state index contributed by atoms with van der Waals surface area (Å²) in [6, 6.07) is 15.1. The van der Waals surface area contributed by atoms with Crippen molar-refractivity contribution in [3.8, 4) is 0 Å². The van der Waals surface area contributed by atoms with E-state index in [0.717, 1.165) is 30.5 Å². The monoisotopic (exact) mass is 380 g/mol. The van der Waals surface area contributed by atoms with Crippen LogP contribution in [0.4, 0.5) is 5.69 Å². The molecule has 2 N–H and O–H groups in total. The fourth-order valence-electron chi connectivity index (χ4n) is 2.93. The van der Waals surface area contributed by atoms with Crippen LogP contribution in [0.5, 0.6) is 0 Å². The summed E-state index contributed by atoms with van der Waals surface area (Å²) >= 11 is 0. The van der Waals surface area contributed by atoms with Crippen LogP contribution in [0.25, 0.3) is 0 Å². The number of Topliss-reactive ketones (excluding diaryl/α,β-unsaturated/α-hetero) is 1. The highest BCUT2D eigenvalue weighted by molar-refractivity contribution is 5.99. The second-order valence-corrected chi connectivity index (χ2v) is 6.71. The fraction of sp³-hybridized carbons (Fsp3) is 0.348. The van der Waals surface area contributed by atoms with Gasteiger partial charge in [0.1, 0.15) is 0 Å². The molecule has 0 radical (unpaired) electrons. The van der Waals surface area contributed by atoms with E-state index < -0.39 is 0 Å². The molecule has 0 heterocycles. The molecule has 0 saturated heterocycles. The molecule has 2 aromatic rings. The number of hydrogen-bond acceptors (Lipinski definition) is 3. The largest absolute Gasteiger partial charge is 0.347 e. The van der Waals surface area contributed by atoms with Crippen molar-refractivity contribution in [2.45, 2.75) is 46.0 Å². The van der Waals surface area contributed by atoms with Crippen LogP contribution in [0, 0.1) is 0 Å². The van der Waals surface area contributed by atoms with Crippen LogP contribution >= 0.6 is 0 Å². The highest BCUT2D eigenvalue weighted by Crippen LogP contribution is 2.15. The van der Waals surface area contributed by atoms with Crippen LogP contribution in [-0.2, 0) is 22.4 Å². The third kappa shape index (κ3) is 6.65. The lowest BCUT2D eigenvalue weighted by atomic mass is 10.0. The Bertz CT molecular complexity index is 813. The molecule has 5 nitrogen and oxygen atoms in total. The predicted molar refractivity (Wildman–Crippen MR) is 111 cm³/mol. The molecule has 0 atom stereocenters. The van der Waals surface area contributed by atoms with E-state index in [-0.39, 0.29) is 37.0 Å². The maximum absolute atomic E-state index is 12.2. The molecule has 28 heavy (non-hydrogen) atoms. The maximum Gasteiger partial charge on any atom is 0.243 e. The van der Waals surface area contributed by atoms with Crippen LogP contribution in [0.3, 0.4) is 0 Å². The summed E-state index contributed by atoms with van der Waals surface area (Å²) in [5.74, 6) is -0.665. The zero-order chi connectivity index (χ0) is 20.4. The SMILES string of the molecule is CCCc1ccc(C(=O)CCC(=O)NCC(=O)Nc2ccccc2CC)cc1. The Morgan fingerprint density at radius 2 is 1.57 bits per heavy atom. The van der Waals surface area contributed by atoms with Crippen LogP contribution in [0.1, 0.15) is 54.6 Å². The summed E-state index contributed by atoms with van der Waals surface area (Å²) in [6.45, 7) is 4.01. The Kier molecular flexibility index (Phi) is 8.40. The van der Waals surface area contributed by atoms with Crippen molar-refractivity contribution in [1.82, 2.24) is 5.32 Å². The van der Waals surface area contributed by atoms with E-state index in [1.54, 1.807) is 0 Å². The van der Waals surface area contributed by atoms with E-state index >= 15 is 0 Å². The first-order chi connectivity index (χ1) is 13.5. The van der Waals surface area contributed by atoms with Gasteiger partial charge in [0.2, 0.25) is 11.8 Å². The molecule has 0 spiro atoms. The molecule has 0 unspecified atom stereocenters. The highest BCUT2D eigenvalue weighted by atomic mass is 16.2. The van der Waals surface area contributed by atoms with Crippen molar-refractivity contribution >= 4 is 23.3 Å². The Morgan fingerprint density at radius 1 is 0.857 bits per heavy atom. The number of hydrogen-bond donors (Lipinski definition) is 2. The number of para-hydroxylation sites is 1. The minimum atomic E-state index is -0.310. The van der Waals surface area contributed by atoms with Crippen LogP contribution in [0.2, 0.25) is 0 Å². The molecule has 2 rings (SSSR count). The average molecular weight is 380 g/mol. The second-order valence-electron chi connectivity index (χ2n) is 6.71. The molecular formula is C23H28N2O3. The Labute approximate surface area is 166 Å². The molecule has 2 amide bonds. The van der Waals surface area contributed by atoms with Gasteiger partial charge in [-0.15, -0.1) is 0 Å². The summed E-state index contributed by atoms with van der Waals surface area (Å²) in [5, 5.41) is 5.37. The van der Waals surface area contributed by atoms with Gasteiger partial charge < -0.3 is 10.6 Å². The summed E-state index contributed by atoms with van der Waals surface area (Å²) in [4.78, 5) is 36.2. The lowest BCUT2D eigenvalue weighted by Crippen LogP contribution is -2.33. The number of benzene rings is 2. The molecule has 5 heteroatoms. The number of ketones is 1. The number of aryl methyl sites for hydroxylation is 2. The first kappa shape index (κ1) is 21.4. The second kappa shape index (κ2) is 11.0. The zero-order valence-electron chi connectivity index (χ0n) is 16.6. The van der Waals surface area contributed by atoms with E-state index in [2.05, 4.69) is 17.6 Å². The third-order valence-electron chi connectivity index (χ3n) is 4.51. The molecule has 148 valence electrons. The number of anilines is 1. The van der Waals surface area contributed by atoms with Crippen molar-refractivity contribution < 1.29 is 14.4 Å². The minimum absolute atomic E-state index is 0.0639. The van der Waals surface area contributed by atoms with Crippen LogP contribution in [-0.4, -0.2) is 24.1 Å². The molecule has 0 aliphatic heterocycles. The zero-order valence-corrected chi connectivity index (χ0v) is 16.6. The standard InChI is InChI=1S/C23H28N2O3/c1-3-7-17-10-12-19(13-11-17)21(26)14-15-22(27)24-16-23(28)25-20-9-6-5-8-18(20)4-2/h5-6,8-13H,3-4,7,14-16H2,1-2H3,(H,24,27)(H,25,28). The van der Waals surface area contributed by atoms with Crippen molar-refractivity contribution in [2.75, 3.05) is 11.9 Å². The van der Waals surface area contributed by atoms with Crippen molar-refractivity contribution in [3.05, 3.63) is 65.2 Å². The summed E-state index contributed by atoms with van der Waals surface area (Å²) in [5.41, 5.74) is 3.61. The number of nitrogens with one attached hydrogen (secondary N) is 2. The molecule has 0 fully saturated rings. The Balaban J connectivity index is 1.74. The summed E-state index contributed by atoms with van der Waals surface area (Å²) in [6.07, 6.45) is 3.05. The molecule has 0 bridgehead atoms. The van der Waals surface area contributed by atoms with Gasteiger partial charge >= 0.3 is 0 Å². The lowest BCUT2D eigenvalue weighted by Gasteiger charge is -2.10. The maximum atomic E-state index is 12.2. The fourth-order valence-corrected chi connectivity index (χ4v) is 2.93. The topological polar surface area (TPSA) is 75.3 Å². The Hall–Kier alpha value is -2.95. The van der Waals surface area contributed by atoms with Gasteiger partial charge in [-0.25, -0.2) is 0 Å². The summed E-state index contributed by atoms with van der Waals surface area (Å²) in [7, 11) is 0. The molecule has 0 aromatic heterocycles. The minimum Gasteiger partial charge on any atom is -0.347 e. The molecule has 2 aromatic carbocycles. The van der Waals surface area contributed by atoms with Gasteiger partial charge in [0.15, 0.2) is 5.78 Å². The highest BCUT2D eigenvalue weighted by Gasteiger charge is 2.11. The van der Waals surface area contributed by atoms with Gasteiger partial charge in [-0.05, 0) is 30.0 Å². The molecular weight excluding hydrogens is 352 g/mol. The number of carbonyl (C=O) groups is 3. The van der Waals surface area contributed by atoms with Crippen molar-refractivity contribution in [1.29, 1.82) is 0 Å². The van der Waals surface area contributed by atoms with E-state index in [0.29, 0.717) is 5.56 Å². The number of amides is 2. The smallest absolute Gasteiger partial charge is 0.243 e. The molecule has 0 aliphatic carbocycles. The van der Waals surface area contributed by atoms with Gasteiger partial charge in [0.25, 0.3) is 0 Å². The van der Waals surface area contributed by atoms with Gasteiger partial charge in [0.05, 0.1) is 6.54 Å². The number of carbonyl (C=O) groups excluding carboxylic acids is 3. The predicted octanol–water partition coefficient (Wildman–Crippen LogP) is 3.92. The van der Waals surface area contributed by atoms with Gasteiger partial charge in [-0.2, -0.15) is 0 Å². The van der Waals surface area contributed by atoms with Gasteiger partial charge in [-0.1, -0.05) is 62.7 Å². The van der Waals surface area contributed by atoms with Gasteiger partial charge in [0, 0.05) is 24.1 Å². The molecule has 0 saturated carbocycles. The van der Waals surface area contributed by atoms with E-state index in [1.807, 2.05) is 55.5 Å². The number of rotatable bonds is 10. The van der Waals surface area contributed by atoms with E-state index in [4.69, 9.17) is 0 Å². The van der Waals surface area contributed by atoms with Crippen LogP contribution in [0.15, 0.2) is 48.5 Å². The van der Waals surface area contributed by atoms with Crippen molar-refractivity contribution in [2.24, 2.45) is 0 Å². The Morgan fingerprint density at radius 3 is 2.25 bits per heavy atom. The van der Waals surface area contributed by atoms with E-state index in [1.165, 1.54) is 5.56 Å². The first-order valence-electron chi connectivity index (χ1n) is 9.80. The third-order valence-corrected chi connectivity index (χ3v) is 4.51. The first-order valence-corrected chi connectivity index (χ1v) is 9.80. The summed E-state index contributed by atoms with van der Waals surface area (Å²) < 4.78 is 0. The van der Waals surface area contributed by atoms with Gasteiger partial charge in [-0.3, -0.25) is 14.4 Å². The quantitative estimate of drug-likeness (QED) is 0.614. The normalized spacial score (nSPS) is 10.4. The lowest BCUT2D eigenvalue weighted by molar-refractivity contribution is -0.124. The average Bonchev–Trinajstić information content (AvgIpc) is 2.71. The van der Waals surface area contributed by atoms with E-state index in [9.17, 15) is 14.4 Å².